The van der Waals surface area contributed by atoms with Crippen molar-refractivity contribution in [2.75, 3.05) is 5.75 Å². The molecule has 0 radical (unpaired) electrons. The molecule has 3 heterocycles. The molecule has 0 saturated carbocycles. The van der Waals surface area contributed by atoms with E-state index in [0.717, 1.165) is 28.8 Å². The summed E-state index contributed by atoms with van der Waals surface area (Å²) >= 11 is 3.12. The standard InChI is InChI=1S/C16H15N3O2S2/c20-14(21)6-13-7-17-15(23-13)18-16-19-8-11-4-2-1-3-10(11)5-12(19)9-22-16/h1-4,7,12H,5-6,8-9H2,(H,20,21)/t12-/m0/s1. The Labute approximate surface area is 142 Å². The smallest absolute Gasteiger partial charge is 0.308 e. The van der Waals surface area contributed by atoms with Crippen LogP contribution < -0.4 is 0 Å². The summed E-state index contributed by atoms with van der Waals surface area (Å²) in [5, 5.41) is 10.5. The molecule has 7 heteroatoms. The molecular formula is C16H15N3O2S2. The number of amidine groups is 1. The van der Waals surface area contributed by atoms with Gasteiger partial charge < -0.3 is 10.0 Å². The summed E-state index contributed by atoms with van der Waals surface area (Å²) in [6.07, 6.45) is 2.68. The Morgan fingerprint density at radius 3 is 3.04 bits per heavy atom. The van der Waals surface area contributed by atoms with Gasteiger partial charge in [-0.15, -0.1) is 0 Å². The summed E-state index contributed by atoms with van der Waals surface area (Å²) in [5.41, 5.74) is 2.80. The highest BCUT2D eigenvalue weighted by molar-refractivity contribution is 8.14. The quantitative estimate of drug-likeness (QED) is 0.926. The van der Waals surface area contributed by atoms with Crippen molar-refractivity contribution in [3.8, 4) is 0 Å². The monoisotopic (exact) mass is 345 g/mol. The summed E-state index contributed by atoms with van der Waals surface area (Å²) in [4.78, 5) is 22.8. The van der Waals surface area contributed by atoms with Crippen molar-refractivity contribution >= 4 is 39.4 Å². The summed E-state index contributed by atoms with van der Waals surface area (Å²) in [6.45, 7) is 0.889. The predicted molar refractivity (Wildman–Crippen MR) is 92.5 cm³/mol. The van der Waals surface area contributed by atoms with E-state index in [1.54, 1.807) is 18.0 Å². The number of hydrogen-bond donors (Lipinski definition) is 1. The van der Waals surface area contributed by atoms with Gasteiger partial charge in [0, 0.05) is 29.4 Å². The van der Waals surface area contributed by atoms with Gasteiger partial charge in [0.25, 0.3) is 0 Å². The molecular weight excluding hydrogens is 330 g/mol. The lowest BCUT2D eigenvalue weighted by atomic mass is 9.95. The van der Waals surface area contributed by atoms with Crippen molar-refractivity contribution in [3.05, 3.63) is 46.5 Å². The van der Waals surface area contributed by atoms with Crippen LogP contribution in [-0.2, 0) is 24.2 Å². The highest BCUT2D eigenvalue weighted by Gasteiger charge is 2.34. The molecule has 5 nitrogen and oxygen atoms in total. The zero-order chi connectivity index (χ0) is 15.8. The third-order valence-corrected chi connectivity index (χ3v) is 6.09. The molecule has 1 saturated heterocycles. The number of hydrogen-bond acceptors (Lipinski definition) is 5. The van der Waals surface area contributed by atoms with Crippen molar-refractivity contribution in [2.24, 2.45) is 4.99 Å². The number of rotatable bonds is 3. The molecule has 2 aliphatic heterocycles. The second-order valence-corrected chi connectivity index (χ2v) is 7.72. The normalized spacial score (nSPS) is 21.3. The highest BCUT2D eigenvalue weighted by atomic mass is 32.2. The van der Waals surface area contributed by atoms with E-state index >= 15 is 0 Å². The fourth-order valence-corrected chi connectivity index (χ4v) is 4.97. The van der Waals surface area contributed by atoms with Gasteiger partial charge >= 0.3 is 5.97 Å². The molecule has 0 unspecified atom stereocenters. The first kappa shape index (κ1) is 14.7. The van der Waals surface area contributed by atoms with Crippen LogP contribution >= 0.6 is 23.1 Å². The Morgan fingerprint density at radius 2 is 2.22 bits per heavy atom. The first-order valence-electron chi connectivity index (χ1n) is 7.40. The number of aliphatic imine (C=N–C) groups is 1. The second-order valence-electron chi connectivity index (χ2n) is 5.64. The van der Waals surface area contributed by atoms with Gasteiger partial charge in [-0.1, -0.05) is 47.4 Å². The third kappa shape index (κ3) is 2.98. The Hall–Kier alpha value is -1.86. The molecule has 2 aliphatic rings. The Bertz CT molecular complexity index is 787. The lowest BCUT2D eigenvalue weighted by Crippen LogP contribution is -2.38. The molecule has 1 N–H and O–H groups in total. The molecule has 1 fully saturated rings. The van der Waals surface area contributed by atoms with Crippen molar-refractivity contribution < 1.29 is 9.90 Å². The summed E-state index contributed by atoms with van der Waals surface area (Å²) in [7, 11) is 0. The predicted octanol–water partition coefficient (Wildman–Crippen LogP) is 2.93. The van der Waals surface area contributed by atoms with E-state index in [2.05, 4.69) is 39.1 Å². The Balaban J connectivity index is 1.56. The molecule has 0 amide bonds. The van der Waals surface area contributed by atoms with E-state index in [9.17, 15) is 4.79 Å². The molecule has 23 heavy (non-hydrogen) atoms. The Kier molecular flexibility index (Phi) is 3.82. The molecule has 0 bridgehead atoms. The first-order valence-corrected chi connectivity index (χ1v) is 9.20. The minimum Gasteiger partial charge on any atom is -0.481 e. The van der Waals surface area contributed by atoms with E-state index in [0.29, 0.717) is 11.2 Å². The van der Waals surface area contributed by atoms with Crippen LogP contribution in [-0.4, -0.2) is 37.9 Å². The number of carboxylic acid groups (broad SMARTS) is 1. The molecule has 1 atom stereocenters. The van der Waals surface area contributed by atoms with Gasteiger partial charge in [-0.05, 0) is 17.5 Å². The minimum absolute atomic E-state index is 0.00930. The van der Waals surface area contributed by atoms with E-state index in [-0.39, 0.29) is 6.42 Å². The molecule has 2 aromatic rings. The molecule has 1 aromatic carbocycles. The van der Waals surface area contributed by atoms with E-state index < -0.39 is 5.97 Å². The number of thiazole rings is 1. The van der Waals surface area contributed by atoms with Gasteiger partial charge in [0.2, 0.25) is 5.13 Å². The number of aliphatic carboxylic acids is 1. The fourth-order valence-electron chi connectivity index (χ4n) is 2.97. The lowest BCUT2D eigenvalue weighted by molar-refractivity contribution is -0.136. The maximum atomic E-state index is 10.8. The zero-order valence-corrected chi connectivity index (χ0v) is 13.9. The van der Waals surface area contributed by atoms with Gasteiger partial charge in [-0.3, -0.25) is 4.79 Å². The van der Waals surface area contributed by atoms with Crippen LogP contribution in [0.5, 0.6) is 0 Å². The highest BCUT2D eigenvalue weighted by Crippen LogP contribution is 2.35. The number of benzene rings is 1. The number of nitrogens with zero attached hydrogens (tertiary/aromatic N) is 3. The summed E-state index contributed by atoms with van der Waals surface area (Å²) in [5.74, 6) is 0.205. The molecule has 1 aromatic heterocycles. The van der Waals surface area contributed by atoms with Crippen LogP contribution in [0.2, 0.25) is 0 Å². The van der Waals surface area contributed by atoms with Crippen LogP contribution in [0.25, 0.3) is 0 Å². The van der Waals surface area contributed by atoms with Crippen LogP contribution in [0.15, 0.2) is 35.5 Å². The first-order chi connectivity index (χ1) is 11.2. The van der Waals surface area contributed by atoms with Gasteiger partial charge in [0.05, 0.1) is 6.42 Å². The maximum Gasteiger partial charge on any atom is 0.308 e. The summed E-state index contributed by atoms with van der Waals surface area (Å²) < 4.78 is 0. The zero-order valence-electron chi connectivity index (χ0n) is 12.3. The van der Waals surface area contributed by atoms with Gasteiger partial charge in [0.1, 0.15) is 0 Å². The number of carbonyl (C=O) groups is 1. The van der Waals surface area contributed by atoms with Gasteiger partial charge in [-0.25, -0.2) is 4.98 Å². The average molecular weight is 345 g/mol. The topological polar surface area (TPSA) is 65.8 Å². The molecule has 118 valence electrons. The maximum absolute atomic E-state index is 10.8. The number of thioether (sulfide) groups is 1. The minimum atomic E-state index is -0.837. The fraction of sp³-hybridized carbons (Fsp3) is 0.312. The van der Waals surface area contributed by atoms with Gasteiger partial charge in [-0.2, -0.15) is 4.99 Å². The summed E-state index contributed by atoms with van der Waals surface area (Å²) in [6, 6.07) is 9.07. The second kappa shape index (κ2) is 5.98. The number of carboxylic acids is 1. The van der Waals surface area contributed by atoms with E-state index in [4.69, 9.17) is 5.11 Å². The van der Waals surface area contributed by atoms with Crippen molar-refractivity contribution in [3.63, 3.8) is 0 Å². The van der Waals surface area contributed by atoms with Gasteiger partial charge in [0.15, 0.2) is 5.17 Å². The lowest BCUT2D eigenvalue weighted by Gasteiger charge is -2.32. The van der Waals surface area contributed by atoms with Crippen molar-refractivity contribution in [1.82, 2.24) is 9.88 Å². The number of fused-ring (bicyclic) bond motifs is 2. The van der Waals surface area contributed by atoms with Crippen LogP contribution in [0.3, 0.4) is 0 Å². The average Bonchev–Trinajstić information content (AvgIpc) is 3.12. The van der Waals surface area contributed by atoms with Crippen LogP contribution in [0, 0.1) is 0 Å². The third-order valence-electron chi connectivity index (χ3n) is 4.06. The van der Waals surface area contributed by atoms with Crippen molar-refractivity contribution in [1.29, 1.82) is 0 Å². The Morgan fingerprint density at radius 1 is 1.39 bits per heavy atom. The largest absolute Gasteiger partial charge is 0.481 e. The van der Waals surface area contributed by atoms with Crippen LogP contribution in [0.1, 0.15) is 16.0 Å². The SMILES string of the molecule is O=C(O)Cc1cnc(N=C2SC[C@@H]3Cc4ccccc4CN23)s1. The van der Waals surface area contributed by atoms with E-state index in [1.807, 2.05) is 0 Å². The molecule has 0 spiro atoms. The molecule has 4 rings (SSSR count). The van der Waals surface area contributed by atoms with Crippen molar-refractivity contribution in [2.45, 2.75) is 25.4 Å². The van der Waals surface area contributed by atoms with E-state index in [1.165, 1.54) is 22.5 Å². The number of aromatic nitrogens is 1. The molecule has 0 aliphatic carbocycles. The van der Waals surface area contributed by atoms with Crippen LogP contribution in [0.4, 0.5) is 5.13 Å².